The molecule has 0 unspecified atom stereocenters. The maximum atomic E-state index is 12.6. The van der Waals surface area contributed by atoms with E-state index in [4.69, 9.17) is 11.2 Å². The molecule has 0 spiro atoms. The summed E-state index contributed by atoms with van der Waals surface area (Å²) in [4.78, 5) is 12.6. The van der Waals surface area contributed by atoms with Crippen molar-refractivity contribution in [2.24, 2.45) is 0 Å². The molecule has 1 aromatic carbocycles. The molecule has 5 heteroatoms. The Morgan fingerprint density at radius 1 is 1.36 bits per heavy atom. The highest BCUT2D eigenvalue weighted by Crippen LogP contribution is 2.42. The van der Waals surface area contributed by atoms with Gasteiger partial charge in [-0.25, -0.2) is 0 Å². The average molecular weight is 344 g/mol. The van der Waals surface area contributed by atoms with E-state index in [-0.39, 0.29) is 24.8 Å². The lowest BCUT2D eigenvalue weighted by Crippen LogP contribution is -2.60. The number of piperidine rings is 1. The third-order valence-corrected chi connectivity index (χ3v) is 5.97. The maximum Gasteiger partial charge on any atom is 0.316 e. The summed E-state index contributed by atoms with van der Waals surface area (Å²) in [5.41, 5.74) is 0.752. The molecule has 2 aliphatic rings. The summed E-state index contributed by atoms with van der Waals surface area (Å²) >= 11 is 0. The van der Waals surface area contributed by atoms with Gasteiger partial charge in [0.1, 0.15) is 30.7 Å². The van der Waals surface area contributed by atoms with Crippen molar-refractivity contribution >= 4 is 5.97 Å². The third-order valence-electron chi connectivity index (χ3n) is 5.97. The second-order valence-corrected chi connectivity index (χ2v) is 7.41. The quantitative estimate of drug-likeness (QED) is 0.476. The number of ether oxygens (including phenoxy) is 1. The number of hydrogen-bond acceptors (Lipinski definition) is 4. The molecule has 2 N–H and O–H groups in total. The molecule has 2 bridgehead atoms. The lowest BCUT2D eigenvalue weighted by atomic mass is 9.95. The highest BCUT2D eigenvalue weighted by Gasteiger charge is 2.56. The standard InChI is InChI=1S/C20H26NO4/c1-3-9-21(2)15-10-16(12-18(21)19(23)11-15)25-20(24)17(13-22)14-7-5-4-6-8-14/h1,4-8,15-19,22-23H,9-13H2,2H3/q+1/t15-,16-,17-,18-,19+,21+/m0/s1. The molecule has 2 saturated heterocycles. The molecule has 25 heavy (non-hydrogen) atoms. The molecule has 2 aliphatic heterocycles. The summed E-state index contributed by atoms with van der Waals surface area (Å²) in [6.45, 7) is 0.298. The lowest BCUT2D eigenvalue weighted by Gasteiger charge is -2.45. The first-order valence-corrected chi connectivity index (χ1v) is 8.82. The largest absolute Gasteiger partial charge is 0.461 e. The number of aliphatic hydroxyl groups excluding tert-OH is 2. The van der Waals surface area contributed by atoms with E-state index in [2.05, 4.69) is 13.0 Å². The Morgan fingerprint density at radius 3 is 2.68 bits per heavy atom. The number of rotatable bonds is 5. The van der Waals surface area contributed by atoms with Crippen LogP contribution in [-0.4, -0.2) is 65.2 Å². The fourth-order valence-electron chi connectivity index (χ4n) is 4.53. The Labute approximate surface area is 148 Å². The smallest absolute Gasteiger partial charge is 0.316 e. The third kappa shape index (κ3) is 3.30. The van der Waals surface area contributed by atoms with Crippen molar-refractivity contribution < 1.29 is 24.2 Å². The van der Waals surface area contributed by atoms with Crippen molar-refractivity contribution in [2.45, 2.75) is 49.5 Å². The Bertz CT molecular complexity index is 655. The highest BCUT2D eigenvalue weighted by atomic mass is 16.5. The van der Waals surface area contributed by atoms with Gasteiger partial charge in [0, 0.05) is 19.3 Å². The molecule has 0 amide bonds. The van der Waals surface area contributed by atoms with Gasteiger partial charge in [0.05, 0.1) is 19.7 Å². The molecule has 0 saturated carbocycles. The predicted molar refractivity (Wildman–Crippen MR) is 93.5 cm³/mol. The van der Waals surface area contributed by atoms with Gasteiger partial charge in [-0.15, -0.1) is 6.42 Å². The average Bonchev–Trinajstić information content (AvgIpc) is 2.72. The molecule has 1 aromatic rings. The minimum absolute atomic E-state index is 0.00287. The van der Waals surface area contributed by atoms with Gasteiger partial charge in [0.15, 0.2) is 0 Å². The fourth-order valence-corrected chi connectivity index (χ4v) is 4.53. The van der Waals surface area contributed by atoms with E-state index in [1.54, 1.807) is 0 Å². The number of quaternary nitrogens is 1. The van der Waals surface area contributed by atoms with E-state index in [9.17, 15) is 15.0 Å². The fraction of sp³-hybridized carbons (Fsp3) is 0.550. The van der Waals surface area contributed by atoms with Crippen molar-refractivity contribution in [1.29, 1.82) is 0 Å². The van der Waals surface area contributed by atoms with E-state index >= 15 is 0 Å². The predicted octanol–water partition coefficient (Wildman–Crippen LogP) is 1.05. The summed E-state index contributed by atoms with van der Waals surface area (Å²) in [5, 5.41) is 20.0. The number of aliphatic hydroxyl groups is 2. The second kappa shape index (κ2) is 7.17. The number of esters is 1. The Morgan fingerprint density at radius 2 is 2.08 bits per heavy atom. The van der Waals surface area contributed by atoms with Crippen molar-refractivity contribution in [3.05, 3.63) is 35.9 Å². The first-order chi connectivity index (χ1) is 12.0. The van der Waals surface area contributed by atoms with Crippen LogP contribution in [0.5, 0.6) is 0 Å². The SMILES string of the molecule is C#CC[N@+]1(C)[C@H]2C[C@H](OC(=O)[C@@H](CO)c3ccccc3)C[C@H]1[C@H](O)C2. The molecule has 2 fully saturated rings. The zero-order valence-electron chi connectivity index (χ0n) is 14.5. The van der Waals surface area contributed by atoms with Gasteiger partial charge in [-0.2, -0.15) is 0 Å². The molecule has 2 heterocycles. The Hall–Kier alpha value is -1.87. The zero-order chi connectivity index (χ0) is 18.0. The molecule has 0 radical (unpaired) electrons. The van der Waals surface area contributed by atoms with E-state index in [0.717, 1.165) is 5.56 Å². The van der Waals surface area contributed by atoms with Crippen LogP contribution >= 0.6 is 0 Å². The van der Waals surface area contributed by atoms with Gasteiger partial charge in [0.2, 0.25) is 0 Å². The van der Waals surface area contributed by atoms with Crippen LogP contribution in [0.4, 0.5) is 0 Å². The van der Waals surface area contributed by atoms with Crippen LogP contribution in [-0.2, 0) is 9.53 Å². The summed E-state index contributed by atoms with van der Waals surface area (Å²) in [7, 11) is 2.09. The van der Waals surface area contributed by atoms with Crippen LogP contribution in [0.2, 0.25) is 0 Å². The summed E-state index contributed by atoms with van der Waals surface area (Å²) in [5.74, 6) is 1.65. The molecule has 0 aromatic heterocycles. The molecule has 3 rings (SSSR count). The summed E-state index contributed by atoms with van der Waals surface area (Å²) in [6, 6.07) is 9.38. The van der Waals surface area contributed by atoms with E-state index in [0.29, 0.717) is 30.3 Å². The zero-order valence-corrected chi connectivity index (χ0v) is 14.5. The minimum atomic E-state index is -0.669. The lowest BCUT2D eigenvalue weighted by molar-refractivity contribution is -0.944. The monoisotopic (exact) mass is 344 g/mol. The topological polar surface area (TPSA) is 66.8 Å². The minimum Gasteiger partial charge on any atom is -0.461 e. The van der Waals surface area contributed by atoms with Crippen LogP contribution in [0.1, 0.15) is 30.7 Å². The van der Waals surface area contributed by atoms with Gasteiger partial charge in [-0.3, -0.25) is 4.79 Å². The van der Waals surface area contributed by atoms with Crippen LogP contribution in [0, 0.1) is 12.3 Å². The molecule has 0 aliphatic carbocycles. The number of terminal acetylenes is 1. The van der Waals surface area contributed by atoms with Crippen LogP contribution in [0.25, 0.3) is 0 Å². The van der Waals surface area contributed by atoms with Crippen molar-refractivity contribution in [2.75, 3.05) is 20.2 Å². The second-order valence-electron chi connectivity index (χ2n) is 7.41. The molecule has 134 valence electrons. The first kappa shape index (κ1) is 17.9. The van der Waals surface area contributed by atoms with Crippen LogP contribution < -0.4 is 0 Å². The number of carbonyl (C=O) groups excluding carboxylic acids is 1. The van der Waals surface area contributed by atoms with Crippen molar-refractivity contribution in [1.82, 2.24) is 0 Å². The van der Waals surface area contributed by atoms with Crippen LogP contribution in [0.3, 0.4) is 0 Å². The summed E-state index contributed by atoms with van der Waals surface area (Å²) < 4.78 is 6.39. The Balaban J connectivity index is 1.69. The number of nitrogens with zero attached hydrogens (tertiary/aromatic N) is 1. The Kier molecular flexibility index (Phi) is 5.14. The van der Waals surface area contributed by atoms with Gasteiger partial charge in [0.25, 0.3) is 0 Å². The maximum absolute atomic E-state index is 12.6. The van der Waals surface area contributed by atoms with Crippen molar-refractivity contribution in [3.63, 3.8) is 0 Å². The highest BCUT2D eigenvalue weighted by molar-refractivity contribution is 5.78. The normalized spacial score (nSPS) is 35.0. The molecular weight excluding hydrogens is 318 g/mol. The van der Waals surface area contributed by atoms with E-state index < -0.39 is 18.0 Å². The van der Waals surface area contributed by atoms with Crippen LogP contribution in [0.15, 0.2) is 30.3 Å². The van der Waals surface area contributed by atoms with Crippen molar-refractivity contribution in [3.8, 4) is 12.3 Å². The molecular formula is C20H26NO4+. The number of hydrogen-bond donors (Lipinski definition) is 2. The summed E-state index contributed by atoms with van der Waals surface area (Å²) in [6.07, 6.45) is 6.87. The molecule has 6 atom stereocenters. The number of benzene rings is 1. The van der Waals surface area contributed by atoms with E-state index in [1.165, 1.54) is 0 Å². The van der Waals surface area contributed by atoms with E-state index in [1.807, 2.05) is 30.3 Å². The van der Waals surface area contributed by atoms with Gasteiger partial charge >= 0.3 is 5.97 Å². The number of fused-ring (bicyclic) bond motifs is 2. The van der Waals surface area contributed by atoms with Gasteiger partial charge < -0.3 is 19.4 Å². The van der Waals surface area contributed by atoms with Gasteiger partial charge in [-0.1, -0.05) is 30.3 Å². The number of carbonyl (C=O) groups is 1. The number of likely N-dealkylation sites (N-methyl/N-ethyl adjacent to an activating group) is 1. The first-order valence-electron chi connectivity index (χ1n) is 8.82. The molecule has 5 nitrogen and oxygen atoms in total. The van der Waals surface area contributed by atoms with Gasteiger partial charge in [-0.05, 0) is 11.5 Å².